The van der Waals surface area contributed by atoms with Gasteiger partial charge in [-0.15, -0.1) is 0 Å². The van der Waals surface area contributed by atoms with E-state index in [1.807, 2.05) is 61.5 Å². The van der Waals surface area contributed by atoms with Crippen molar-refractivity contribution in [2.45, 2.75) is 20.5 Å². The summed E-state index contributed by atoms with van der Waals surface area (Å²) in [5, 5.41) is 18.2. The Bertz CT molecular complexity index is 1180. The number of hydrogen-bond acceptors (Lipinski definition) is 4. The van der Waals surface area contributed by atoms with Gasteiger partial charge in [-0.25, -0.2) is 0 Å². The van der Waals surface area contributed by atoms with Crippen LogP contribution in [-0.4, -0.2) is 22.4 Å². The van der Waals surface area contributed by atoms with Gasteiger partial charge in [0.15, 0.2) is 0 Å². The molecule has 0 spiro atoms. The van der Waals surface area contributed by atoms with Gasteiger partial charge < -0.3 is 14.6 Å². The van der Waals surface area contributed by atoms with Gasteiger partial charge in [0.25, 0.3) is 0 Å². The number of phenols is 1. The molecule has 0 aliphatic heterocycles. The highest BCUT2D eigenvalue weighted by molar-refractivity contribution is 5.87. The Balaban J connectivity index is 1.65. The molecule has 0 fully saturated rings. The number of nitrogens with zero attached hydrogens (tertiary/aromatic N) is 1. The maximum atomic E-state index is 10.7. The molecule has 0 bridgehead atoms. The molecule has 4 aromatic rings. The number of hydrogen-bond donors (Lipinski definition) is 2. The minimum atomic E-state index is 0.111. The molecule has 0 saturated heterocycles. The Labute approximate surface area is 175 Å². The number of ether oxygens (including phenoxy) is 2. The second-order valence-electron chi connectivity index (χ2n) is 7.17. The maximum Gasteiger partial charge on any atom is 0.128 e. The fourth-order valence-electron chi connectivity index (χ4n) is 3.54. The first-order valence-corrected chi connectivity index (χ1v) is 9.77. The summed E-state index contributed by atoms with van der Waals surface area (Å²) >= 11 is 0. The van der Waals surface area contributed by atoms with Gasteiger partial charge in [0, 0.05) is 28.5 Å². The molecule has 5 nitrogen and oxygen atoms in total. The number of aromatic amines is 1. The summed E-state index contributed by atoms with van der Waals surface area (Å²) in [5.41, 5.74) is 6.29. The van der Waals surface area contributed by atoms with Crippen LogP contribution >= 0.6 is 0 Å². The lowest BCUT2D eigenvalue weighted by Crippen LogP contribution is -1.97. The molecule has 0 atom stereocenters. The van der Waals surface area contributed by atoms with Gasteiger partial charge in [0.2, 0.25) is 0 Å². The molecule has 3 aromatic carbocycles. The average Bonchev–Trinajstić information content (AvgIpc) is 3.14. The topological polar surface area (TPSA) is 67.4 Å². The molecule has 152 valence electrons. The summed E-state index contributed by atoms with van der Waals surface area (Å²) in [6.07, 6.45) is 0. The van der Waals surface area contributed by atoms with E-state index in [1.54, 1.807) is 13.2 Å². The van der Waals surface area contributed by atoms with Gasteiger partial charge in [-0.1, -0.05) is 42.5 Å². The van der Waals surface area contributed by atoms with Crippen LogP contribution in [0.1, 0.15) is 16.8 Å². The zero-order valence-electron chi connectivity index (χ0n) is 17.3. The summed E-state index contributed by atoms with van der Waals surface area (Å²) in [6.45, 7) is 4.45. The predicted octanol–water partition coefficient (Wildman–Crippen LogP) is 5.65. The van der Waals surface area contributed by atoms with E-state index in [0.29, 0.717) is 23.6 Å². The molecule has 1 heterocycles. The Hall–Kier alpha value is -3.73. The van der Waals surface area contributed by atoms with E-state index >= 15 is 0 Å². The molecule has 0 radical (unpaired) electrons. The Morgan fingerprint density at radius 2 is 1.70 bits per heavy atom. The van der Waals surface area contributed by atoms with E-state index < -0.39 is 0 Å². The van der Waals surface area contributed by atoms with E-state index in [0.717, 1.165) is 28.1 Å². The van der Waals surface area contributed by atoms with E-state index in [4.69, 9.17) is 9.47 Å². The largest absolute Gasteiger partial charge is 0.507 e. The second-order valence-corrected chi connectivity index (χ2v) is 7.17. The predicted molar refractivity (Wildman–Crippen MR) is 118 cm³/mol. The van der Waals surface area contributed by atoms with Crippen molar-refractivity contribution in [3.05, 3.63) is 83.6 Å². The summed E-state index contributed by atoms with van der Waals surface area (Å²) in [6, 6.07) is 21.2. The summed E-state index contributed by atoms with van der Waals surface area (Å²) in [5.74, 6) is 1.46. The molecule has 0 amide bonds. The van der Waals surface area contributed by atoms with Gasteiger partial charge in [-0.2, -0.15) is 5.10 Å². The number of rotatable bonds is 6. The van der Waals surface area contributed by atoms with E-state index in [-0.39, 0.29) is 5.75 Å². The third-order valence-electron chi connectivity index (χ3n) is 5.20. The van der Waals surface area contributed by atoms with Crippen molar-refractivity contribution in [1.29, 1.82) is 0 Å². The second kappa shape index (κ2) is 8.33. The number of benzene rings is 3. The normalized spacial score (nSPS) is 10.8. The van der Waals surface area contributed by atoms with Crippen LogP contribution in [0.3, 0.4) is 0 Å². The third-order valence-corrected chi connectivity index (χ3v) is 5.20. The zero-order valence-corrected chi connectivity index (χ0v) is 17.3. The van der Waals surface area contributed by atoms with Crippen LogP contribution < -0.4 is 9.47 Å². The Morgan fingerprint density at radius 1 is 0.933 bits per heavy atom. The van der Waals surface area contributed by atoms with Crippen LogP contribution in [0.25, 0.3) is 22.4 Å². The van der Waals surface area contributed by atoms with E-state index in [1.165, 1.54) is 5.56 Å². The first kappa shape index (κ1) is 19.6. The molecule has 30 heavy (non-hydrogen) atoms. The number of aromatic hydroxyl groups is 1. The SMILES string of the molecule is COc1ccccc1-c1c(-c2ccc(OCc3ccccc3C)cc2O)n[nH]c1C. The van der Waals surface area contributed by atoms with Gasteiger partial charge in [0.05, 0.1) is 7.11 Å². The summed E-state index contributed by atoms with van der Waals surface area (Å²) in [7, 11) is 1.64. The summed E-state index contributed by atoms with van der Waals surface area (Å²) < 4.78 is 11.4. The molecule has 0 saturated carbocycles. The van der Waals surface area contributed by atoms with Gasteiger partial charge in [-0.05, 0) is 43.2 Å². The maximum absolute atomic E-state index is 10.7. The highest BCUT2D eigenvalue weighted by atomic mass is 16.5. The van der Waals surface area contributed by atoms with Gasteiger partial charge in [-0.3, -0.25) is 5.10 Å². The van der Waals surface area contributed by atoms with Crippen LogP contribution in [0.5, 0.6) is 17.2 Å². The Kier molecular flexibility index (Phi) is 5.44. The van der Waals surface area contributed by atoms with Crippen molar-refractivity contribution >= 4 is 0 Å². The van der Waals surface area contributed by atoms with Crippen LogP contribution in [-0.2, 0) is 6.61 Å². The fraction of sp³-hybridized carbons (Fsp3) is 0.160. The number of methoxy groups -OCH3 is 1. The molecule has 1 aromatic heterocycles. The van der Waals surface area contributed by atoms with Crippen LogP contribution in [0.2, 0.25) is 0 Å². The number of phenolic OH excluding ortho intramolecular Hbond substituents is 1. The fourth-order valence-corrected chi connectivity index (χ4v) is 3.54. The molecular weight excluding hydrogens is 376 g/mol. The number of para-hydroxylation sites is 1. The number of H-pyrrole nitrogens is 1. The van der Waals surface area contributed by atoms with Crippen molar-refractivity contribution in [2.75, 3.05) is 7.11 Å². The van der Waals surface area contributed by atoms with Crippen molar-refractivity contribution < 1.29 is 14.6 Å². The first-order chi connectivity index (χ1) is 14.6. The zero-order chi connectivity index (χ0) is 21.1. The molecule has 2 N–H and O–H groups in total. The highest BCUT2D eigenvalue weighted by Gasteiger charge is 2.20. The van der Waals surface area contributed by atoms with Crippen molar-refractivity contribution in [2.24, 2.45) is 0 Å². The molecule has 0 unspecified atom stereocenters. The minimum Gasteiger partial charge on any atom is -0.507 e. The highest BCUT2D eigenvalue weighted by Crippen LogP contribution is 2.41. The quantitative estimate of drug-likeness (QED) is 0.439. The number of aromatic nitrogens is 2. The average molecular weight is 400 g/mol. The van der Waals surface area contributed by atoms with Crippen LogP contribution in [0.15, 0.2) is 66.7 Å². The molecule has 0 aliphatic rings. The van der Waals surface area contributed by atoms with Crippen LogP contribution in [0.4, 0.5) is 0 Å². The van der Waals surface area contributed by atoms with Crippen molar-refractivity contribution in [3.8, 4) is 39.6 Å². The lowest BCUT2D eigenvalue weighted by Gasteiger charge is -2.12. The third kappa shape index (κ3) is 3.74. The summed E-state index contributed by atoms with van der Waals surface area (Å²) in [4.78, 5) is 0. The molecule has 0 aliphatic carbocycles. The smallest absolute Gasteiger partial charge is 0.128 e. The minimum absolute atomic E-state index is 0.111. The van der Waals surface area contributed by atoms with Crippen LogP contribution in [0, 0.1) is 13.8 Å². The Morgan fingerprint density at radius 3 is 2.47 bits per heavy atom. The van der Waals surface area contributed by atoms with Gasteiger partial charge >= 0.3 is 0 Å². The monoisotopic (exact) mass is 400 g/mol. The van der Waals surface area contributed by atoms with Crippen molar-refractivity contribution in [3.63, 3.8) is 0 Å². The molecule has 5 heteroatoms. The molecule has 4 rings (SSSR count). The lowest BCUT2D eigenvalue weighted by molar-refractivity contribution is 0.303. The molecular formula is C25H24N2O3. The van der Waals surface area contributed by atoms with E-state index in [9.17, 15) is 5.11 Å². The standard InChI is InChI=1S/C25H24N2O3/c1-16-8-4-5-9-18(16)15-30-19-12-13-20(22(28)14-19)25-24(17(2)26-27-25)21-10-6-7-11-23(21)29-3/h4-14,28H,15H2,1-3H3,(H,26,27). The van der Waals surface area contributed by atoms with Crippen molar-refractivity contribution in [1.82, 2.24) is 10.2 Å². The number of aryl methyl sites for hydroxylation is 2. The van der Waals surface area contributed by atoms with E-state index in [2.05, 4.69) is 23.2 Å². The first-order valence-electron chi connectivity index (χ1n) is 9.77. The van der Waals surface area contributed by atoms with Gasteiger partial charge in [0.1, 0.15) is 29.5 Å². The number of nitrogens with one attached hydrogen (secondary N) is 1. The lowest BCUT2D eigenvalue weighted by atomic mass is 9.98.